The summed E-state index contributed by atoms with van der Waals surface area (Å²) in [5, 5.41) is 0. The lowest BCUT2D eigenvalue weighted by molar-refractivity contribution is 0.0193. The van der Waals surface area contributed by atoms with Gasteiger partial charge in [-0.3, -0.25) is 4.79 Å². The number of Topliss-reactive ketones (excluding diaryl/α,β-unsaturated/α-hetero) is 1. The van der Waals surface area contributed by atoms with Crippen molar-refractivity contribution in [3.8, 4) is 5.75 Å². The smallest absolute Gasteiger partial charge is 0.195 e. The van der Waals surface area contributed by atoms with E-state index in [9.17, 15) is 9.18 Å². The number of ketones is 1. The number of benzene rings is 1. The van der Waals surface area contributed by atoms with Crippen LogP contribution in [0.5, 0.6) is 5.75 Å². The summed E-state index contributed by atoms with van der Waals surface area (Å²) in [5.74, 6) is -0.392. The Morgan fingerprint density at radius 1 is 1.28 bits per heavy atom. The highest BCUT2D eigenvalue weighted by Crippen LogP contribution is 2.29. The topological polar surface area (TPSA) is 35.5 Å². The van der Waals surface area contributed by atoms with Crippen molar-refractivity contribution >= 4 is 5.78 Å². The van der Waals surface area contributed by atoms with Crippen molar-refractivity contribution in [1.29, 1.82) is 0 Å². The quantitative estimate of drug-likeness (QED) is 0.775. The number of hydrogen-bond acceptors (Lipinski definition) is 3. The lowest BCUT2D eigenvalue weighted by Crippen LogP contribution is -2.36. The first-order valence-electron chi connectivity index (χ1n) is 5.71. The fourth-order valence-electron chi connectivity index (χ4n) is 1.87. The van der Waals surface area contributed by atoms with Crippen molar-refractivity contribution in [1.82, 2.24) is 0 Å². The van der Waals surface area contributed by atoms with Gasteiger partial charge in [0.25, 0.3) is 0 Å². The van der Waals surface area contributed by atoms with Crippen LogP contribution in [-0.2, 0) is 4.74 Å². The van der Waals surface area contributed by atoms with Crippen LogP contribution in [-0.4, -0.2) is 26.1 Å². The molecule has 0 heterocycles. The van der Waals surface area contributed by atoms with Gasteiger partial charge in [-0.2, -0.15) is 0 Å². The maximum absolute atomic E-state index is 13.3. The Balaban J connectivity index is 3.20. The van der Waals surface area contributed by atoms with Gasteiger partial charge >= 0.3 is 0 Å². The lowest BCUT2D eigenvalue weighted by atomic mass is 9.84. The molecule has 0 aliphatic rings. The molecular formula is C14H19FO3. The summed E-state index contributed by atoms with van der Waals surface area (Å²) >= 11 is 0. The van der Waals surface area contributed by atoms with Crippen LogP contribution < -0.4 is 4.74 Å². The zero-order chi connectivity index (χ0) is 13.9. The van der Waals surface area contributed by atoms with Crippen molar-refractivity contribution in [3.05, 3.63) is 29.6 Å². The molecule has 0 N–H and O–H groups in total. The molecule has 4 heteroatoms. The molecule has 0 saturated heterocycles. The molecule has 0 radical (unpaired) electrons. The minimum absolute atomic E-state index is 0.208. The minimum atomic E-state index is -0.645. The number of hydrogen-bond donors (Lipinski definition) is 0. The zero-order valence-corrected chi connectivity index (χ0v) is 11.4. The molecule has 1 atom stereocenters. The van der Waals surface area contributed by atoms with Crippen molar-refractivity contribution in [2.45, 2.75) is 26.9 Å². The first-order chi connectivity index (χ1) is 8.31. The first-order valence-corrected chi connectivity index (χ1v) is 5.71. The minimum Gasteiger partial charge on any atom is -0.496 e. The maximum Gasteiger partial charge on any atom is 0.195 e. The maximum atomic E-state index is 13.3. The van der Waals surface area contributed by atoms with Crippen LogP contribution in [0.3, 0.4) is 0 Å². The van der Waals surface area contributed by atoms with Gasteiger partial charge in [-0.15, -0.1) is 0 Å². The van der Waals surface area contributed by atoms with Gasteiger partial charge in [-0.1, -0.05) is 20.8 Å². The summed E-state index contributed by atoms with van der Waals surface area (Å²) in [6.45, 7) is 5.68. The van der Waals surface area contributed by atoms with Crippen molar-refractivity contribution in [2.24, 2.45) is 5.41 Å². The Labute approximate surface area is 107 Å². The van der Waals surface area contributed by atoms with E-state index in [4.69, 9.17) is 9.47 Å². The SMILES string of the molecule is COc1ccc(F)cc1C(=O)C(OC)C(C)(C)C. The van der Waals surface area contributed by atoms with E-state index >= 15 is 0 Å². The third-order valence-electron chi connectivity index (χ3n) is 2.69. The number of ether oxygens (including phenoxy) is 2. The molecule has 1 rings (SSSR count). The van der Waals surface area contributed by atoms with Crippen LogP contribution in [0.2, 0.25) is 0 Å². The lowest BCUT2D eigenvalue weighted by Gasteiger charge is -2.28. The second-order valence-corrected chi connectivity index (χ2v) is 5.19. The van der Waals surface area contributed by atoms with E-state index in [0.717, 1.165) is 0 Å². The second kappa shape index (κ2) is 5.48. The van der Waals surface area contributed by atoms with Gasteiger partial charge in [0.15, 0.2) is 5.78 Å². The van der Waals surface area contributed by atoms with E-state index in [2.05, 4.69) is 0 Å². The van der Waals surface area contributed by atoms with Crippen LogP contribution in [0, 0.1) is 11.2 Å². The largest absolute Gasteiger partial charge is 0.496 e. The van der Waals surface area contributed by atoms with Crippen LogP contribution in [0.1, 0.15) is 31.1 Å². The summed E-state index contributed by atoms with van der Waals surface area (Å²) in [6.07, 6.45) is -0.645. The number of carbonyl (C=O) groups excluding carboxylic acids is 1. The molecule has 0 aliphatic heterocycles. The summed E-state index contributed by atoms with van der Waals surface area (Å²) in [4.78, 5) is 12.4. The van der Waals surface area contributed by atoms with Crippen molar-refractivity contribution in [2.75, 3.05) is 14.2 Å². The summed E-state index contributed by atoms with van der Waals surface area (Å²) in [7, 11) is 2.92. The van der Waals surface area contributed by atoms with Crippen LogP contribution in [0.15, 0.2) is 18.2 Å². The predicted molar refractivity (Wildman–Crippen MR) is 67.5 cm³/mol. The average molecular weight is 254 g/mol. The molecule has 0 amide bonds. The van der Waals surface area contributed by atoms with Gasteiger partial charge in [-0.25, -0.2) is 4.39 Å². The van der Waals surface area contributed by atoms with Crippen LogP contribution in [0.25, 0.3) is 0 Å². The van der Waals surface area contributed by atoms with Gasteiger partial charge in [0.05, 0.1) is 12.7 Å². The van der Waals surface area contributed by atoms with E-state index < -0.39 is 11.9 Å². The molecule has 100 valence electrons. The Bertz CT molecular complexity index is 435. The summed E-state index contributed by atoms with van der Waals surface area (Å²) in [6, 6.07) is 3.88. The predicted octanol–water partition coefficient (Wildman–Crippen LogP) is 3.08. The Morgan fingerprint density at radius 3 is 2.33 bits per heavy atom. The Hall–Kier alpha value is -1.42. The van der Waals surface area contributed by atoms with Crippen LogP contribution >= 0.6 is 0 Å². The number of carbonyl (C=O) groups is 1. The highest BCUT2D eigenvalue weighted by Gasteiger charge is 2.33. The summed E-state index contributed by atoms with van der Waals surface area (Å²) < 4.78 is 23.6. The summed E-state index contributed by atoms with van der Waals surface area (Å²) in [5.41, 5.74) is -0.164. The Morgan fingerprint density at radius 2 is 1.89 bits per heavy atom. The molecule has 0 fully saturated rings. The Kier molecular flexibility index (Phi) is 4.46. The van der Waals surface area contributed by atoms with Gasteiger partial charge in [0.1, 0.15) is 17.7 Å². The van der Waals surface area contributed by atoms with Gasteiger partial charge in [0, 0.05) is 7.11 Å². The number of rotatable bonds is 4. The average Bonchev–Trinajstić information content (AvgIpc) is 2.27. The van der Waals surface area contributed by atoms with E-state index in [-0.39, 0.29) is 16.8 Å². The molecule has 3 nitrogen and oxygen atoms in total. The molecule has 0 spiro atoms. The highest BCUT2D eigenvalue weighted by atomic mass is 19.1. The molecule has 0 aromatic heterocycles. The molecule has 1 aromatic carbocycles. The first kappa shape index (κ1) is 14.6. The van der Waals surface area contributed by atoms with Gasteiger partial charge in [-0.05, 0) is 23.6 Å². The molecule has 0 saturated carbocycles. The zero-order valence-electron chi connectivity index (χ0n) is 11.4. The molecule has 18 heavy (non-hydrogen) atoms. The van der Waals surface area contributed by atoms with E-state index in [0.29, 0.717) is 5.75 Å². The van der Waals surface area contributed by atoms with Crippen molar-refractivity contribution < 1.29 is 18.7 Å². The fraction of sp³-hybridized carbons (Fsp3) is 0.500. The molecule has 0 bridgehead atoms. The fourth-order valence-corrected chi connectivity index (χ4v) is 1.87. The molecule has 0 aliphatic carbocycles. The molecule has 1 aromatic rings. The monoisotopic (exact) mass is 254 g/mol. The number of methoxy groups -OCH3 is 2. The van der Waals surface area contributed by atoms with Crippen LogP contribution in [0.4, 0.5) is 4.39 Å². The normalized spacial score (nSPS) is 13.2. The van der Waals surface area contributed by atoms with Gasteiger partial charge < -0.3 is 9.47 Å². The third-order valence-corrected chi connectivity index (χ3v) is 2.69. The second-order valence-electron chi connectivity index (χ2n) is 5.19. The van der Waals surface area contributed by atoms with E-state index in [1.807, 2.05) is 20.8 Å². The van der Waals surface area contributed by atoms with E-state index in [1.165, 1.54) is 32.4 Å². The third kappa shape index (κ3) is 3.07. The standard InChI is InChI=1S/C14H19FO3/c1-14(2,3)13(18-5)12(16)10-8-9(15)6-7-11(10)17-4/h6-8,13H,1-5H3. The van der Waals surface area contributed by atoms with E-state index in [1.54, 1.807) is 0 Å². The number of halogens is 1. The molecular weight excluding hydrogens is 235 g/mol. The van der Waals surface area contributed by atoms with Gasteiger partial charge in [0.2, 0.25) is 0 Å². The highest BCUT2D eigenvalue weighted by molar-refractivity contribution is 6.02. The molecule has 1 unspecified atom stereocenters. The van der Waals surface area contributed by atoms with Crippen molar-refractivity contribution in [3.63, 3.8) is 0 Å².